The predicted molar refractivity (Wildman–Crippen MR) is 66.0 cm³/mol. The summed E-state index contributed by atoms with van der Waals surface area (Å²) in [6.45, 7) is 1.36. The largest absolute Gasteiger partial charge is 0.397 e. The summed E-state index contributed by atoms with van der Waals surface area (Å²) in [4.78, 5) is 0. The van der Waals surface area contributed by atoms with Gasteiger partial charge in [0.25, 0.3) is 0 Å². The maximum Gasteiger partial charge on any atom is 0.157 e. The quantitative estimate of drug-likeness (QED) is 0.811. The van der Waals surface area contributed by atoms with Crippen LogP contribution in [0.15, 0.2) is 10.5 Å². The number of anilines is 1. The van der Waals surface area contributed by atoms with Gasteiger partial charge in [-0.05, 0) is 46.3 Å². The minimum Gasteiger partial charge on any atom is -0.397 e. The van der Waals surface area contributed by atoms with E-state index >= 15 is 0 Å². The van der Waals surface area contributed by atoms with Crippen LogP contribution in [-0.2, 0) is 4.74 Å². The zero-order chi connectivity index (χ0) is 12.4. The first-order valence-corrected chi connectivity index (χ1v) is 6.19. The van der Waals surface area contributed by atoms with Gasteiger partial charge in [-0.1, -0.05) is 0 Å². The van der Waals surface area contributed by atoms with Crippen molar-refractivity contribution >= 4 is 21.6 Å². The van der Waals surface area contributed by atoms with Gasteiger partial charge in [0, 0.05) is 13.2 Å². The second-order valence-corrected chi connectivity index (χ2v) is 4.85. The number of hydrogen-bond acceptors (Lipinski definition) is 3. The number of nitriles is 1. The van der Waals surface area contributed by atoms with Crippen molar-refractivity contribution in [3.05, 3.63) is 27.5 Å². The zero-order valence-electron chi connectivity index (χ0n) is 9.17. The lowest BCUT2D eigenvalue weighted by molar-refractivity contribution is 0.0854. The van der Waals surface area contributed by atoms with Crippen LogP contribution in [0.25, 0.3) is 0 Å². The zero-order valence-corrected chi connectivity index (χ0v) is 10.8. The lowest BCUT2D eigenvalue weighted by Gasteiger charge is -2.24. The highest BCUT2D eigenvalue weighted by atomic mass is 79.9. The van der Waals surface area contributed by atoms with E-state index in [2.05, 4.69) is 15.9 Å². The predicted octanol–water partition coefficient (Wildman–Crippen LogP) is 2.94. The average molecular weight is 299 g/mol. The molecule has 1 saturated heterocycles. The van der Waals surface area contributed by atoms with E-state index in [1.165, 1.54) is 0 Å². The number of ether oxygens (including phenoxy) is 1. The average Bonchev–Trinajstić information content (AvgIpc) is 2.37. The van der Waals surface area contributed by atoms with Crippen LogP contribution in [0.3, 0.4) is 0 Å². The molecule has 1 aromatic carbocycles. The van der Waals surface area contributed by atoms with E-state index in [0.29, 0.717) is 18.9 Å². The number of nitrogens with zero attached hydrogens (tertiary/aromatic N) is 1. The van der Waals surface area contributed by atoms with Crippen molar-refractivity contribution in [3.63, 3.8) is 0 Å². The Morgan fingerprint density at radius 1 is 1.47 bits per heavy atom. The molecule has 0 spiro atoms. The van der Waals surface area contributed by atoms with Gasteiger partial charge in [-0.3, -0.25) is 0 Å². The third-order valence-electron chi connectivity index (χ3n) is 3.06. The van der Waals surface area contributed by atoms with Crippen molar-refractivity contribution in [2.75, 3.05) is 18.9 Å². The summed E-state index contributed by atoms with van der Waals surface area (Å²) in [6, 6.07) is 3.41. The summed E-state index contributed by atoms with van der Waals surface area (Å²) in [7, 11) is 0. The first-order valence-electron chi connectivity index (χ1n) is 5.40. The molecule has 1 fully saturated rings. The molecule has 0 radical (unpaired) electrons. The summed E-state index contributed by atoms with van der Waals surface area (Å²) in [5.74, 6) is -0.339. The van der Waals surface area contributed by atoms with E-state index in [1.807, 2.05) is 6.07 Å². The third kappa shape index (κ3) is 2.28. The van der Waals surface area contributed by atoms with Crippen LogP contribution in [-0.4, -0.2) is 13.2 Å². The highest BCUT2D eigenvalue weighted by Gasteiger charge is 2.22. The van der Waals surface area contributed by atoms with Crippen LogP contribution in [0, 0.1) is 17.1 Å². The SMILES string of the molecule is N#Cc1cc(C2CCOCC2)c(N)c(Br)c1F. The van der Waals surface area contributed by atoms with Crippen LogP contribution in [0.2, 0.25) is 0 Å². The Bertz CT molecular complexity index is 478. The van der Waals surface area contributed by atoms with Gasteiger partial charge >= 0.3 is 0 Å². The topological polar surface area (TPSA) is 59.0 Å². The molecule has 0 atom stereocenters. The molecular formula is C12H12BrFN2O. The van der Waals surface area contributed by atoms with Crippen LogP contribution < -0.4 is 5.73 Å². The monoisotopic (exact) mass is 298 g/mol. The van der Waals surface area contributed by atoms with Crippen molar-refractivity contribution in [1.82, 2.24) is 0 Å². The summed E-state index contributed by atoms with van der Waals surface area (Å²) in [5.41, 5.74) is 7.18. The maximum atomic E-state index is 13.6. The third-order valence-corrected chi connectivity index (χ3v) is 3.83. The number of nitrogen functional groups attached to an aromatic ring is 1. The summed E-state index contributed by atoms with van der Waals surface area (Å²) >= 11 is 3.11. The Labute approximate surface area is 107 Å². The minimum atomic E-state index is -0.583. The molecule has 0 unspecified atom stereocenters. The summed E-state index contributed by atoms with van der Waals surface area (Å²) in [5, 5.41) is 8.88. The molecule has 0 aromatic heterocycles. The minimum absolute atomic E-state index is 0.0348. The van der Waals surface area contributed by atoms with Gasteiger partial charge in [0.1, 0.15) is 6.07 Å². The lowest BCUT2D eigenvalue weighted by Crippen LogP contribution is -2.16. The molecule has 17 heavy (non-hydrogen) atoms. The molecule has 90 valence electrons. The second kappa shape index (κ2) is 5.03. The standard InChI is InChI=1S/C12H12BrFN2O/c13-10-11(14)8(6-15)5-9(12(10)16)7-1-3-17-4-2-7/h5,7H,1-4,16H2. The number of rotatable bonds is 1. The maximum absolute atomic E-state index is 13.6. The summed E-state index contributed by atoms with van der Waals surface area (Å²) < 4.78 is 19.1. The van der Waals surface area contributed by atoms with Crippen molar-refractivity contribution in [2.24, 2.45) is 0 Å². The van der Waals surface area contributed by atoms with Crippen molar-refractivity contribution in [1.29, 1.82) is 5.26 Å². The molecule has 1 aliphatic heterocycles. The van der Waals surface area contributed by atoms with Crippen LogP contribution in [0.1, 0.15) is 29.9 Å². The molecule has 5 heteroatoms. The Kier molecular flexibility index (Phi) is 3.65. The smallest absolute Gasteiger partial charge is 0.157 e. The van der Waals surface area contributed by atoms with E-state index in [-0.39, 0.29) is 16.0 Å². The van der Waals surface area contributed by atoms with Gasteiger partial charge in [-0.15, -0.1) is 0 Å². The fraction of sp³-hybridized carbons (Fsp3) is 0.417. The van der Waals surface area contributed by atoms with E-state index in [1.54, 1.807) is 6.07 Å². The molecule has 0 saturated carbocycles. The van der Waals surface area contributed by atoms with E-state index in [0.717, 1.165) is 18.4 Å². The molecule has 1 aliphatic rings. The molecule has 1 heterocycles. The highest BCUT2D eigenvalue weighted by Crippen LogP contribution is 2.37. The van der Waals surface area contributed by atoms with Gasteiger partial charge in [-0.25, -0.2) is 4.39 Å². The first-order chi connectivity index (χ1) is 8.15. The molecule has 1 aromatic rings. The molecule has 2 rings (SSSR count). The van der Waals surface area contributed by atoms with Crippen LogP contribution >= 0.6 is 15.9 Å². The van der Waals surface area contributed by atoms with E-state index in [9.17, 15) is 4.39 Å². The van der Waals surface area contributed by atoms with Crippen molar-refractivity contribution in [3.8, 4) is 6.07 Å². The molecule has 3 nitrogen and oxygen atoms in total. The fourth-order valence-corrected chi connectivity index (χ4v) is 2.53. The fourth-order valence-electron chi connectivity index (χ4n) is 2.09. The Balaban J connectivity index is 2.46. The normalized spacial score (nSPS) is 16.8. The lowest BCUT2D eigenvalue weighted by atomic mass is 9.89. The number of hydrogen-bond donors (Lipinski definition) is 1. The summed E-state index contributed by atoms with van der Waals surface area (Å²) in [6.07, 6.45) is 1.71. The number of halogens is 2. The molecule has 0 bridgehead atoms. The van der Waals surface area contributed by atoms with Gasteiger partial charge in [0.05, 0.1) is 15.7 Å². The Morgan fingerprint density at radius 2 is 2.12 bits per heavy atom. The molecular weight excluding hydrogens is 287 g/mol. The van der Waals surface area contributed by atoms with E-state index < -0.39 is 5.82 Å². The molecule has 0 amide bonds. The number of nitrogens with two attached hydrogens (primary N) is 1. The van der Waals surface area contributed by atoms with Gasteiger partial charge in [0.2, 0.25) is 0 Å². The van der Waals surface area contributed by atoms with Gasteiger partial charge < -0.3 is 10.5 Å². The van der Waals surface area contributed by atoms with Gasteiger partial charge in [-0.2, -0.15) is 5.26 Å². The Morgan fingerprint density at radius 3 is 2.71 bits per heavy atom. The number of benzene rings is 1. The van der Waals surface area contributed by atoms with Gasteiger partial charge in [0.15, 0.2) is 5.82 Å². The van der Waals surface area contributed by atoms with Crippen molar-refractivity contribution in [2.45, 2.75) is 18.8 Å². The van der Waals surface area contributed by atoms with E-state index in [4.69, 9.17) is 15.7 Å². The second-order valence-electron chi connectivity index (χ2n) is 4.05. The van der Waals surface area contributed by atoms with Crippen LogP contribution in [0.5, 0.6) is 0 Å². The van der Waals surface area contributed by atoms with Crippen LogP contribution in [0.4, 0.5) is 10.1 Å². The first kappa shape index (κ1) is 12.3. The molecule has 2 N–H and O–H groups in total. The Hall–Kier alpha value is -1.12. The van der Waals surface area contributed by atoms with Crippen molar-refractivity contribution < 1.29 is 9.13 Å². The molecule has 0 aliphatic carbocycles. The highest BCUT2D eigenvalue weighted by molar-refractivity contribution is 9.10.